The highest BCUT2D eigenvalue weighted by Crippen LogP contribution is 2.29. The maximum atomic E-state index is 8.92. The lowest BCUT2D eigenvalue weighted by Gasteiger charge is -2.27. The molecule has 0 unspecified atom stereocenters. The van der Waals surface area contributed by atoms with Crippen LogP contribution in [0.2, 0.25) is 0 Å². The van der Waals surface area contributed by atoms with Gasteiger partial charge in [-0.1, -0.05) is 46.0 Å². The van der Waals surface area contributed by atoms with Crippen LogP contribution < -0.4 is 0 Å². The Hall–Kier alpha value is -0.0800. The van der Waals surface area contributed by atoms with Crippen molar-refractivity contribution in [2.24, 2.45) is 11.8 Å². The predicted molar refractivity (Wildman–Crippen MR) is 55.6 cm³/mol. The molecule has 0 aromatic carbocycles. The molecule has 0 amide bonds. The van der Waals surface area contributed by atoms with Gasteiger partial charge in [-0.2, -0.15) is 0 Å². The van der Waals surface area contributed by atoms with E-state index in [0.717, 1.165) is 0 Å². The van der Waals surface area contributed by atoms with Crippen molar-refractivity contribution in [3.8, 4) is 0 Å². The molecular weight excluding hydrogens is 164 g/mol. The molecule has 0 bridgehead atoms. The van der Waals surface area contributed by atoms with E-state index in [-0.39, 0.29) is 19.1 Å². The van der Waals surface area contributed by atoms with Gasteiger partial charge in [-0.25, -0.2) is 0 Å². The summed E-state index contributed by atoms with van der Waals surface area (Å²) in [6.45, 7) is 4.31. The first kappa shape index (κ1) is 12.9. The fourth-order valence-electron chi connectivity index (χ4n) is 1.96. The van der Waals surface area contributed by atoms with E-state index in [0.29, 0.717) is 5.92 Å². The highest BCUT2D eigenvalue weighted by molar-refractivity contribution is 4.72. The van der Waals surface area contributed by atoms with Crippen molar-refractivity contribution >= 4 is 0 Å². The van der Waals surface area contributed by atoms with Gasteiger partial charge in [0, 0.05) is 19.1 Å². The van der Waals surface area contributed by atoms with E-state index in [4.69, 9.17) is 10.2 Å². The quantitative estimate of drug-likeness (QED) is 0.712. The van der Waals surface area contributed by atoms with E-state index in [2.05, 4.69) is 0 Å². The lowest BCUT2D eigenvalue weighted by Crippen LogP contribution is -2.24. The largest absolute Gasteiger partial charge is 0.396 e. The number of aliphatic hydroxyl groups is 2. The average molecular weight is 188 g/mol. The van der Waals surface area contributed by atoms with Gasteiger partial charge in [0.05, 0.1) is 0 Å². The molecule has 0 aliphatic heterocycles. The Bertz CT molecular complexity index is 94.3. The molecule has 0 atom stereocenters. The SMILES string of the molecule is CC.OCC(CO)C1CCCCC1. The molecule has 1 rings (SSSR count). The minimum Gasteiger partial charge on any atom is -0.396 e. The van der Waals surface area contributed by atoms with Crippen molar-refractivity contribution in [1.82, 2.24) is 0 Å². The second-order valence-corrected chi connectivity index (χ2v) is 3.52. The first-order valence-corrected chi connectivity index (χ1v) is 5.60. The molecular formula is C11H24O2. The minimum absolute atomic E-state index is 0.148. The Labute approximate surface area is 82.0 Å². The highest BCUT2D eigenvalue weighted by Gasteiger charge is 2.21. The second-order valence-electron chi connectivity index (χ2n) is 3.52. The Kier molecular flexibility index (Phi) is 8.46. The van der Waals surface area contributed by atoms with E-state index >= 15 is 0 Å². The number of hydrogen-bond acceptors (Lipinski definition) is 2. The maximum Gasteiger partial charge on any atom is 0.0483 e. The molecule has 80 valence electrons. The van der Waals surface area contributed by atoms with Crippen LogP contribution in [0.3, 0.4) is 0 Å². The summed E-state index contributed by atoms with van der Waals surface area (Å²) >= 11 is 0. The average Bonchev–Trinajstić information content (AvgIpc) is 2.24. The Morgan fingerprint density at radius 3 is 1.85 bits per heavy atom. The zero-order chi connectivity index (χ0) is 10.1. The fourth-order valence-corrected chi connectivity index (χ4v) is 1.96. The summed E-state index contributed by atoms with van der Waals surface area (Å²) in [5.74, 6) is 0.731. The molecule has 1 fully saturated rings. The van der Waals surface area contributed by atoms with E-state index in [1.165, 1.54) is 32.1 Å². The van der Waals surface area contributed by atoms with Gasteiger partial charge in [0.2, 0.25) is 0 Å². The standard InChI is InChI=1S/C9H18O2.C2H6/c10-6-9(7-11)8-4-2-1-3-5-8;1-2/h8-11H,1-7H2;1-2H3. The van der Waals surface area contributed by atoms with Crippen LogP contribution in [-0.2, 0) is 0 Å². The molecule has 2 nitrogen and oxygen atoms in total. The van der Waals surface area contributed by atoms with Crippen LogP contribution in [0.25, 0.3) is 0 Å². The molecule has 1 aliphatic carbocycles. The van der Waals surface area contributed by atoms with Crippen molar-refractivity contribution in [2.45, 2.75) is 46.0 Å². The molecule has 0 aromatic heterocycles. The Morgan fingerprint density at radius 1 is 1.00 bits per heavy atom. The number of rotatable bonds is 3. The van der Waals surface area contributed by atoms with Gasteiger partial charge in [0.25, 0.3) is 0 Å². The second kappa shape index (κ2) is 8.52. The molecule has 13 heavy (non-hydrogen) atoms. The van der Waals surface area contributed by atoms with Crippen molar-refractivity contribution in [1.29, 1.82) is 0 Å². The zero-order valence-corrected chi connectivity index (χ0v) is 9.00. The van der Waals surface area contributed by atoms with E-state index in [9.17, 15) is 0 Å². The molecule has 0 saturated heterocycles. The maximum absolute atomic E-state index is 8.92. The lowest BCUT2D eigenvalue weighted by molar-refractivity contribution is 0.0885. The van der Waals surface area contributed by atoms with Crippen LogP contribution in [0.5, 0.6) is 0 Å². The van der Waals surface area contributed by atoms with E-state index in [1.807, 2.05) is 13.8 Å². The van der Waals surface area contributed by atoms with Crippen molar-refractivity contribution in [3.05, 3.63) is 0 Å². The van der Waals surface area contributed by atoms with Gasteiger partial charge >= 0.3 is 0 Å². The first-order chi connectivity index (χ1) is 6.38. The van der Waals surface area contributed by atoms with Crippen LogP contribution in [0.1, 0.15) is 46.0 Å². The summed E-state index contributed by atoms with van der Waals surface area (Å²) in [5.41, 5.74) is 0. The highest BCUT2D eigenvalue weighted by atomic mass is 16.3. The molecule has 0 heterocycles. The molecule has 0 aromatic rings. The number of hydrogen-bond donors (Lipinski definition) is 2. The molecule has 0 spiro atoms. The van der Waals surface area contributed by atoms with Crippen LogP contribution >= 0.6 is 0 Å². The molecule has 0 radical (unpaired) electrons. The summed E-state index contributed by atoms with van der Waals surface area (Å²) in [7, 11) is 0. The normalized spacial score (nSPS) is 18.2. The number of aliphatic hydroxyl groups excluding tert-OH is 2. The third kappa shape index (κ3) is 4.63. The summed E-state index contributed by atoms with van der Waals surface area (Å²) in [4.78, 5) is 0. The van der Waals surface area contributed by atoms with Crippen LogP contribution in [0.4, 0.5) is 0 Å². The topological polar surface area (TPSA) is 40.5 Å². The third-order valence-corrected chi connectivity index (χ3v) is 2.79. The molecule has 1 aliphatic rings. The van der Waals surface area contributed by atoms with E-state index in [1.54, 1.807) is 0 Å². The lowest BCUT2D eigenvalue weighted by atomic mass is 9.81. The van der Waals surface area contributed by atoms with Gasteiger partial charge < -0.3 is 10.2 Å². The van der Waals surface area contributed by atoms with Crippen LogP contribution in [0, 0.1) is 11.8 Å². The van der Waals surface area contributed by atoms with Gasteiger partial charge in [-0.15, -0.1) is 0 Å². The molecule has 1 saturated carbocycles. The smallest absolute Gasteiger partial charge is 0.0483 e. The predicted octanol–water partition coefficient (Wildman–Crippen LogP) is 2.19. The van der Waals surface area contributed by atoms with E-state index < -0.39 is 0 Å². The van der Waals surface area contributed by atoms with Crippen molar-refractivity contribution in [3.63, 3.8) is 0 Å². The van der Waals surface area contributed by atoms with Crippen LogP contribution in [0.15, 0.2) is 0 Å². The summed E-state index contributed by atoms with van der Waals surface area (Å²) < 4.78 is 0. The Balaban J connectivity index is 0.000000671. The summed E-state index contributed by atoms with van der Waals surface area (Å²) in [6.07, 6.45) is 6.29. The van der Waals surface area contributed by atoms with Gasteiger partial charge in [-0.05, 0) is 5.92 Å². The summed E-state index contributed by atoms with van der Waals surface area (Å²) in [6, 6.07) is 0. The first-order valence-electron chi connectivity index (χ1n) is 5.60. The molecule has 2 N–H and O–H groups in total. The summed E-state index contributed by atoms with van der Waals surface area (Å²) in [5, 5.41) is 17.8. The van der Waals surface area contributed by atoms with Gasteiger partial charge in [-0.3, -0.25) is 0 Å². The van der Waals surface area contributed by atoms with Gasteiger partial charge in [0.15, 0.2) is 0 Å². The Morgan fingerprint density at radius 2 is 1.46 bits per heavy atom. The van der Waals surface area contributed by atoms with Crippen molar-refractivity contribution < 1.29 is 10.2 Å². The van der Waals surface area contributed by atoms with Gasteiger partial charge in [0.1, 0.15) is 0 Å². The van der Waals surface area contributed by atoms with Crippen molar-refractivity contribution in [2.75, 3.05) is 13.2 Å². The third-order valence-electron chi connectivity index (χ3n) is 2.79. The minimum atomic E-state index is 0.148. The monoisotopic (exact) mass is 188 g/mol. The molecule has 2 heteroatoms. The van der Waals surface area contributed by atoms with Crippen LogP contribution in [-0.4, -0.2) is 23.4 Å². The fraction of sp³-hybridized carbons (Fsp3) is 1.00. The zero-order valence-electron chi connectivity index (χ0n) is 9.00.